The number of pyridine rings is 1. The van der Waals surface area contributed by atoms with Crippen LogP contribution in [0, 0.1) is 32.1 Å². The maximum atomic E-state index is 13.2. The van der Waals surface area contributed by atoms with Gasteiger partial charge >= 0.3 is 0 Å². The van der Waals surface area contributed by atoms with Gasteiger partial charge in [-0.1, -0.05) is 24.4 Å². The molecule has 144 valence electrons. The molecule has 1 aliphatic rings. The molecule has 3 aromatic heterocycles. The predicted octanol–water partition coefficient (Wildman–Crippen LogP) is 4.36. The van der Waals surface area contributed by atoms with E-state index in [0.29, 0.717) is 46.7 Å². The molecule has 0 spiro atoms. The normalized spacial score (nSPS) is 16.1. The minimum atomic E-state index is -0.821. The molecule has 0 radical (unpaired) electrons. The van der Waals surface area contributed by atoms with Crippen LogP contribution in [0.3, 0.4) is 0 Å². The monoisotopic (exact) mass is 378 g/mol. The van der Waals surface area contributed by atoms with Gasteiger partial charge in [-0.05, 0) is 45.7 Å². The number of nitrogens with zero attached hydrogens (tertiary/aromatic N) is 3. The molecule has 0 saturated heterocycles. The Hall–Kier alpha value is -3.14. The van der Waals surface area contributed by atoms with Crippen LogP contribution in [0.15, 0.2) is 21.1 Å². The van der Waals surface area contributed by atoms with Gasteiger partial charge in [0.1, 0.15) is 17.1 Å². The number of carbonyl (C=O) groups is 1. The number of furan rings is 1. The minimum absolute atomic E-state index is 0.299. The van der Waals surface area contributed by atoms with Crippen molar-refractivity contribution in [1.82, 2.24) is 15.5 Å². The molecule has 1 amide bonds. The van der Waals surface area contributed by atoms with Gasteiger partial charge < -0.3 is 14.3 Å². The van der Waals surface area contributed by atoms with Gasteiger partial charge in [-0.15, -0.1) is 0 Å². The molecule has 0 aromatic carbocycles. The topological polar surface area (TPSA) is 105 Å². The van der Waals surface area contributed by atoms with Crippen molar-refractivity contribution >= 4 is 17.0 Å². The fourth-order valence-electron chi connectivity index (χ4n) is 4.00. The summed E-state index contributed by atoms with van der Waals surface area (Å²) in [4.78, 5) is 17.8. The number of fused-ring (bicyclic) bond motifs is 1. The number of aromatic nitrogens is 2. The van der Waals surface area contributed by atoms with Crippen molar-refractivity contribution < 1.29 is 13.7 Å². The smallest absolute Gasteiger partial charge is 0.259 e. The van der Waals surface area contributed by atoms with E-state index in [2.05, 4.69) is 21.5 Å². The molecule has 1 aliphatic carbocycles. The summed E-state index contributed by atoms with van der Waals surface area (Å²) in [6, 6.07) is 5.94. The zero-order chi connectivity index (χ0) is 19.9. The lowest BCUT2D eigenvalue weighted by molar-refractivity contribution is 0.0904. The van der Waals surface area contributed by atoms with Gasteiger partial charge in [-0.25, -0.2) is 4.98 Å². The maximum absolute atomic E-state index is 13.2. The van der Waals surface area contributed by atoms with Gasteiger partial charge in [-0.2, -0.15) is 5.26 Å². The summed E-state index contributed by atoms with van der Waals surface area (Å²) in [7, 11) is 0. The largest absolute Gasteiger partial charge is 0.466 e. The van der Waals surface area contributed by atoms with Crippen LogP contribution in [-0.2, 0) is 0 Å². The molecular weight excluding hydrogens is 356 g/mol. The number of rotatable bonds is 3. The second kappa shape index (κ2) is 6.79. The van der Waals surface area contributed by atoms with E-state index in [1.165, 1.54) is 0 Å². The van der Waals surface area contributed by atoms with E-state index in [9.17, 15) is 10.1 Å². The Kier molecular flexibility index (Phi) is 4.42. The van der Waals surface area contributed by atoms with E-state index >= 15 is 0 Å². The highest BCUT2D eigenvalue weighted by molar-refractivity contribution is 6.07. The quantitative estimate of drug-likeness (QED) is 0.726. The lowest BCUT2D eigenvalue weighted by atomic mass is 9.82. The number of amides is 1. The SMILES string of the molecule is Cc1cc(-c2cc(C(=O)NC3(C#N)CCCCC3)c3c(C)noc3n2)c(C)o1. The highest BCUT2D eigenvalue weighted by atomic mass is 16.5. The number of aryl methyl sites for hydroxylation is 3. The van der Waals surface area contributed by atoms with Crippen LogP contribution in [0.1, 0.15) is 59.7 Å². The molecule has 0 bridgehead atoms. The molecule has 7 heteroatoms. The van der Waals surface area contributed by atoms with Crippen LogP contribution in [-0.4, -0.2) is 21.6 Å². The first-order valence-electron chi connectivity index (χ1n) is 9.51. The van der Waals surface area contributed by atoms with Crippen LogP contribution in [0.25, 0.3) is 22.4 Å². The molecule has 4 rings (SSSR count). The Labute approximate surface area is 162 Å². The van der Waals surface area contributed by atoms with Crippen molar-refractivity contribution in [3.63, 3.8) is 0 Å². The number of hydrogen-bond acceptors (Lipinski definition) is 6. The van der Waals surface area contributed by atoms with Gasteiger partial charge in [0.15, 0.2) is 0 Å². The van der Waals surface area contributed by atoms with Gasteiger partial charge in [-0.3, -0.25) is 4.79 Å². The Morgan fingerprint density at radius 3 is 2.61 bits per heavy atom. The van der Waals surface area contributed by atoms with Crippen LogP contribution in [0.5, 0.6) is 0 Å². The third-order valence-electron chi connectivity index (χ3n) is 5.45. The Bertz CT molecular complexity index is 1100. The summed E-state index contributed by atoms with van der Waals surface area (Å²) in [6.07, 6.45) is 4.29. The first kappa shape index (κ1) is 18.2. The molecule has 3 aromatic rings. The van der Waals surface area contributed by atoms with Crippen molar-refractivity contribution in [2.45, 2.75) is 58.4 Å². The van der Waals surface area contributed by atoms with E-state index < -0.39 is 5.54 Å². The van der Waals surface area contributed by atoms with Crippen molar-refractivity contribution in [1.29, 1.82) is 5.26 Å². The Morgan fingerprint density at radius 1 is 1.21 bits per heavy atom. The highest BCUT2D eigenvalue weighted by Gasteiger charge is 2.35. The summed E-state index contributed by atoms with van der Waals surface area (Å²) in [6.45, 7) is 5.49. The van der Waals surface area contributed by atoms with Crippen molar-refractivity contribution in [2.75, 3.05) is 0 Å². The average molecular weight is 378 g/mol. The zero-order valence-electron chi connectivity index (χ0n) is 16.3. The van der Waals surface area contributed by atoms with Crippen molar-refractivity contribution in [2.24, 2.45) is 0 Å². The van der Waals surface area contributed by atoms with Crippen molar-refractivity contribution in [3.05, 3.63) is 34.9 Å². The van der Waals surface area contributed by atoms with E-state index in [1.54, 1.807) is 13.0 Å². The zero-order valence-corrected chi connectivity index (χ0v) is 16.3. The first-order valence-corrected chi connectivity index (χ1v) is 9.51. The van der Waals surface area contributed by atoms with E-state index in [1.807, 2.05) is 19.9 Å². The summed E-state index contributed by atoms with van der Waals surface area (Å²) in [5.41, 5.74) is 1.87. The number of nitrogens with one attached hydrogen (secondary N) is 1. The van der Waals surface area contributed by atoms with E-state index in [-0.39, 0.29) is 5.91 Å². The van der Waals surface area contributed by atoms with Crippen LogP contribution in [0.2, 0.25) is 0 Å². The molecular formula is C21H22N4O3. The molecule has 0 aliphatic heterocycles. The lowest BCUT2D eigenvalue weighted by Gasteiger charge is -2.31. The molecule has 0 atom stereocenters. The third-order valence-corrected chi connectivity index (χ3v) is 5.45. The number of carbonyl (C=O) groups excluding carboxylic acids is 1. The van der Waals surface area contributed by atoms with Gasteiger partial charge in [0.2, 0.25) is 0 Å². The van der Waals surface area contributed by atoms with E-state index in [4.69, 9.17) is 8.94 Å². The standard InChI is InChI=1S/C21H22N4O3/c1-12-9-15(14(3)27-12)17-10-16(18-13(2)25-28-20(18)23-17)19(26)24-21(11-22)7-5-4-6-8-21/h9-10H,4-8H2,1-3H3,(H,24,26). The summed E-state index contributed by atoms with van der Waals surface area (Å²) in [5.74, 6) is 1.17. The molecule has 1 fully saturated rings. The minimum Gasteiger partial charge on any atom is -0.466 e. The summed E-state index contributed by atoms with van der Waals surface area (Å²) < 4.78 is 11.0. The summed E-state index contributed by atoms with van der Waals surface area (Å²) in [5, 5.41) is 17.3. The Balaban J connectivity index is 1.81. The van der Waals surface area contributed by atoms with Crippen molar-refractivity contribution in [3.8, 4) is 17.3 Å². The fourth-order valence-corrected chi connectivity index (χ4v) is 4.00. The maximum Gasteiger partial charge on any atom is 0.259 e. The molecule has 3 heterocycles. The molecule has 1 saturated carbocycles. The third kappa shape index (κ3) is 3.05. The number of nitriles is 1. The predicted molar refractivity (Wildman–Crippen MR) is 103 cm³/mol. The Morgan fingerprint density at radius 2 is 1.96 bits per heavy atom. The number of hydrogen-bond donors (Lipinski definition) is 1. The van der Waals surface area contributed by atoms with Gasteiger partial charge in [0.05, 0.1) is 28.4 Å². The molecule has 1 N–H and O–H groups in total. The van der Waals surface area contributed by atoms with Gasteiger partial charge in [0.25, 0.3) is 11.6 Å². The molecule has 7 nitrogen and oxygen atoms in total. The highest BCUT2D eigenvalue weighted by Crippen LogP contribution is 2.32. The van der Waals surface area contributed by atoms with Crippen LogP contribution in [0.4, 0.5) is 0 Å². The summed E-state index contributed by atoms with van der Waals surface area (Å²) >= 11 is 0. The first-order chi connectivity index (χ1) is 13.4. The van der Waals surface area contributed by atoms with Crippen LogP contribution >= 0.6 is 0 Å². The second-order valence-electron chi connectivity index (χ2n) is 7.54. The fraction of sp³-hybridized carbons (Fsp3) is 0.429. The van der Waals surface area contributed by atoms with Gasteiger partial charge in [0, 0.05) is 5.56 Å². The van der Waals surface area contributed by atoms with Crippen LogP contribution < -0.4 is 5.32 Å². The molecule has 0 unspecified atom stereocenters. The second-order valence-corrected chi connectivity index (χ2v) is 7.54. The lowest BCUT2D eigenvalue weighted by Crippen LogP contribution is -2.48. The molecule has 28 heavy (non-hydrogen) atoms. The average Bonchev–Trinajstić information content (AvgIpc) is 3.23. The van der Waals surface area contributed by atoms with E-state index in [0.717, 1.165) is 30.6 Å².